The number of hydrogen-bond acceptors (Lipinski definition) is 1. The van der Waals surface area contributed by atoms with Crippen molar-refractivity contribution in [2.24, 2.45) is 0 Å². The third-order valence-corrected chi connectivity index (χ3v) is 4.71. The molecule has 0 aromatic heterocycles. The number of rotatable bonds is 14. The zero-order chi connectivity index (χ0) is 24.1. The van der Waals surface area contributed by atoms with Crippen LogP contribution in [-0.4, -0.2) is 41.5 Å². The second-order valence-electron chi connectivity index (χ2n) is 6.80. The Morgan fingerprint density at radius 2 is 0.733 bits per heavy atom. The summed E-state index contributed by atoms with van der Waals surface area (Å²) in [6.45, 7) is 0. The predicted molar refractivity (Wildman–Crippen MR) is 86.2 cm³/mol. The Hall–Kier alpha value is -0.560. The molecule has 0 rings (SSSR count). The summed E-state index contributed by atoms with van der Waals surface area (Å²) in [5, 5.41) is 0. The molecule has 0 aromatic rings. The monoisotopic (exact) mass is 492 g/mol. The van der Waals surface area contributed by atoms with Crippen LogP contribution in [0.5, 0.6) is 0 Å². The van der Waals surface area contributed by atoms with Gasteiger partial charge in [0.1, 0.15) is 0 Å². The van der Waals surface area contributed by atoms with Gasteiger partial charge in [-0.15, -0.1) is 0 Å². The minimum Gasteiger partial charge on any atom is -0.200 e. The first-order valence-corrected chi connectivity index (χ1v) is 9.51. The highest BCUT2D eigenvalue weighted by molar-refractivity contribution is 7.80. The van der Waals surface area contributed by atoms with Crippen molar-refractivity contribution in [3.63, 3.8) is 0 Å². The Morgan fingerprint density at radius 3 is 1.10 bits per heavy atom. The summed E-state index contributed by atoms with van der Waals surface area (Å²) in [5.41, 5.74) is 0. The highest BCUT2D eigenvalue weighted by atomic mass is 32.1. The fourth-order valence-electron chi connectivity index (χ4n) is 2.48. The summed E-state index contributed by atoms with van der Waals surface area (Å²) < 4.78 is 168. The van der Waals surface area contributed by atoms with Gasteiger partial charge in [0.2, 0.25) is 0 Å². The minimum atomic E-state index is -7.82. The van der Waals surface area contributed by atoms with Crippen LogP contribution in [0.25, 0.3) is 0 Å². The molecule has 0 unspecified atom stereocenters. The molecule has 0 N–H and O–H groups in total. The zero-order valence-corrected chi connectivity index (χ0v) is 16.3. The van der Waals surface area contributed by atoms with Crippen molar-refractivity contribution in [1.29, 1.82) is 0 Å². The SMILES string of the molecule is FC(F)(F)C(F)(F)C(F)(F)C(F)(F)C(F)(F)C(F)(F)CCCCCCCCCCS. The van der Waals surface area contributed by atoms with E-state index in [2.05, 4.69) is 12.6 Å². The fourth-order valence-corrected chi connectivity index (χ4v) is 2.70. The van der Waals surface area contributed by atoms with E-state index < -0.39 is 48.6 Å². The normalized spacial score (nSPS) is 15.0. The van der Waals surface area contributed by atoms with Crippen molar-refractivity contribution in [3.8, 4) is 0 Å². The van der Waals surface area contributed by atoms with Crippen molar-refractivity contribution in [2.75, 3.05) is 5.75 Å². The van der Waals surface area contributed by atoms with Crippen LogP contribution in [0.3, 0.4) is 0 Å². The lowest BCUT2D eigenvalue weighted by atomic mass is 9.91. The van der Waals surface area contributed by atoms with Gasteiger partial charge in [0.05, 0.1) is 0 Å². The smallest absolute Gasteiger partial charge is 0.200 e. The number of thiol groups is 1. The molecule has 0 aromatic carbocycles. The van der Waals surface area contributed by atoms with Gasteiger partial charge in [-0.1, -0.05) is 38.5 Å². The molecule has 0 nitrogen and oxygen atoms in total. The highest BCUT2D eigenvalue weighted by Gasteiger charge is 2.90. The number of alkyl halides is 13. The van der Waals surface area contributed by atoms with Gasteiger partial charge < -0.3 is 0 Å². The minimum absolute atomic E-state index is 0.182. The van der Waals surface area contributed by atoms with E-state index in [1.54, 1.807) is 0 Å². The van der Waals surface area contributed by atoms with Gasteiger partial charge >= 0.3 is 35.8 Å². The van der Waals surface area contributed by atoms with E-state index in [4.69, 9.17) is 0 Å². The molecule has 0 heterocycles. The van der Waals surface area contributed by atoms with Gasteiger partial charge in [0.15, 0.2) is 0 Å². The molecule has 0 atom stereocenters. The highest BCUT2D eigenvalue weighted by Crippen LogP contribution is 2.60. The quantitative estimate of drug-likeness (QED) is 0.141. The predicted octanol–water partition coefficient (Wildman–Crippen LogP) is 8.17. The Bertz CT molecular complexity index is 514. The molecule has 0 aliphatic heterocycles. The van der Waals surface area contributed by atoms with E-state index in [0.717, 1.165) is 19.3 Å². The molecule has 30 heavy (non-hydrogen) atoms. The summed E-state index contributed by atoms with van der Waals surface area (Å²) in [6, 6.07) is 0. The third-order valence-electron chi connectivity index (χ3n) is 4.40. The second-order valence-corrected chi connectivity index (χ2v) is 7.25. The first-order valence-electron chi connectivity index (χ1n) is 8.88. The molecule has 0 aliphatic carbocycles. The lowest BCUT2D eigenvalue weighted by Crippen LogP contribution is -2.70. The Kier molecular flexibility index (Phi) is 10.2. The largest absolute Gasteiger partial charge is 0.460 e. The van der Waals surface area contributed by atoms with Gasteiger partial charge in [-0.05, 0) is 18.6 Å². The van der Waals surface area contributed by atoms with Crippen molar-refractivity contribution >= 4 is 12.6 Å². The Labute approximate surface area is 170 Å². The summed E-state index contributed by atoms with van der Waals surface area (Å²) in [7, 11) is 0. The maximum Gasteiger partial charge on any atom is 0.460 e. The van der Waals surface area contributed by atoms with Gasteiger partial charge in [-0.3, -0.25) is 0 Å². The molecular formula is C16H21F13S. The van der Waals surface area contributed by atoms with E-state index in [-0.39, 0.29) is 12.8 Å². The molecule has 0 saturated heterocycles. The van der Waals surface area contributed by atoms with Gasteiger partial charge in [0, 0.05) is 6.42 Å². The molecule has 0 fully saturated rings. The summed E-state index contributed by atoms with van der Waals surface area (Å²) in [4.78, 5) is 0. The van der Waals surface area contributed by atoms with Gasteiger partial charge in [-0.25, -0.2) is 0 Å². The van der Waals surface area contributed by atoms with E-state index in [0.29, 0.717) is 18.6 Å². The summed E-state index contributed by atoms with van der Waals surface area (Å²) in [6.07, 6.45) is -6.66. The van der Waals surface area contributed by atoms with Crippen LogP contribution in [0.4, 0.5) is 57.1 Å². The lowest BCUT2D eigenvalue weighted by Gasteiger charge is -2.39. The molecule has 182 valence electrons. The van der Waals surface area contributed by atoms with Crippen molar-refractivity contribution in [3.05, 3.63) is 0 Å². The van der Waals surface area contributed by atoms with Crippen LogP contribution < -0.4 is 0 Å². The molecule has 0 aliphatic rings. The molecule has 0 spiro atoms. The van der Waals surface area contributed by atoms with Crippen LogP contribution >= 0.6 is 12.6 Å². The van der Waals surface area contributed by atoms with Crippen LogP contribution in [0.1, 0.15) is 57.8 Å². The van der Waals surface area contributed by atoms with Crippen LogP contribution in [0.2, 0.25) is 0 Å². The summed E-state index contributed by atoms with van der Waals surface area (Å²) in [5.74, 6) is -35.6. The van der Waals surface area contributed by atoms with E-state index in [9.17, 15) is 57.1 Å². The Balaban J connectivity index is 5.08. The van der Waals surface area contributed by atoms with E-state index in [1.807, 2.05) is 0 Å². The lowest BCUT2D eigenvalue weighted by molar-refractivity contribution is -0.440. The van der Waals surface area contributed by atoms with Gasteiger partial charge in [-0.2, -0.15) is 69.7 Å². The number of halogens is 13. The van der Waals surface area contributed by atoms with Crippen LogP contribution in [0, 0.1) is 0 Å². The van der Waals surface area contributed by atoms with Crippen LogP contribution in [0.15, 0.2) is 0 Å². The maximum atomic E-state index is 13.5. The molecule has 14 heteroatoms. The average molecular weight is 492 g/mol. The summed E-state index contributed by atoms with van der Waals surface area (Å²) >= 11 is 3.98. The molecule has 0 saturated carbocycles. The number of hydrogen-bond donors (Lipinski definition) is 1. The van der Waals surface area contributed by atoms with Crippen LogP contribution in [-0.2, 0) is 0 Å². The first-order chi connectivity index (χ1) is 13.3. The van der Waals surface area contributed by atoms with Gasteiger partial charge in [0.25, 0.3) is 0 Å². The number of unbranched alkanes of at least 4 members (excludes halogenated alkanes) is 7. The first kappa shape index (κ1) is 29.4. The molecular weight excluding hydrogens is 471 g/mol. The second kappa shape index (κ2) is 10.4. The Morgan fingerprint density at radius 1 is 0.400 bits per heavy atom. The zero-order valence-electron chi connectivity index (χ0n) is 15.4. The molecule has 0 amide bonds. The standard InChI is InChI=1S/C16H21F13S/c17-11(18,9-7-5-3-1-2-4-6-8-10-30)12(19,20)13(21,22)14(23,24)15(25,26)16(27,28)29/h30H,1-10H2. The molecule has 0 radical (unpaired) electrons. The van der Waals surface area contributed by atoms with Crippen molar-refractivity contribution in [2.45, 2.75) is 93.6 Å². The fraction of sp³-hybridized carbons (Fsp3) is 1.00. The van der Waals surface area contributed by atoms with E-state index in [1.165, 1.54) is 0 Å². The maximum absolute atomic E-state index is 13.5. The van der Waals surface area contributed by atoms with E-state index >= 15 is 0 Å². The third kappa shape index (κ3) is 6.02. The molecule has 0 bridgehead atoms. The van der Waals surface area contributed by atoms with Crippen molar-refractivity contribution in [1.82, 2.24) is 0 Å². The van der Waals surface area contributed by atoms with Crippen molar-refractivity contribution < 1.29 is 57.1 Å². The average Bonchev–Trinajstić information content (AvgIpc) is 2.58. The topological polar surface area (TPSA) is 0 Å².